The molecular formula is C25H21N7O2. The van der Waals surface area contributed by atoms with Gasteiger partial charge in [0.1, 0.15) is 0 Å². The third-order valence-corrected chi connectivity index (χ3v) is 5.46. The van der Waals surface area contributed by atoms with Crippen molar-refractivity contribution in [3.63, 3.8) is 0 Å². The first kappa shape index (κ1) is 21.2. The van der Waals surface area contributed by atoms with Crippen molar-refractivity contribution in [2.45, 2.75) is 12.8 Å². The average molecular weight is 451 g/mol. The van der Waals surface area contributed by atoms with Crippen molar-refractivity contribution in [3.05, 3.63) is 103 Å². The van der Waals surface area contributed by atoms with E-state index in [1.165, 1.54) is 12.5 Å². The van der Waals surface area contributed by atoms with Crippen molar-refractivity contribution in [3.8, 4) is 11.1 Å². The number of benzene rings is 1. The molecule has 1 aromatic carbocycles. The highest BCUT2D eigenvalue weighted by Gasteiger charge is 2.12. The van der Waals surface area contributed by atoms with E-state index in [-0.39, 0.29) is 5.91 Å². The predicted molar refractivity (Wildman–Crippen MR) is 127 cm³/mol. The highest BCUT2D eigenvalue weighted by molar-refractivity contribution is 6.03. The fraction of sp³-hybridized carbons (Fsp3) is 0.0800. The standard InChI is InChI=1S/C25H21N7O2/c26-32(20-8-4-18(5-9-20)6-10-24-30-28-17-34-24)25(33)11-7-19-15-27-13-12-21(19)22-16-29-31-14-2-1-3-23(22)31/h1-5,7-9,11-17H,6,10,26H2/b11-7+. The quantitative estimate of drug-likeness (QED) is 0.174. The summed E-state index contributed by atoms with van der Waals surface area (Å²) in [6.45, 7) is 0. The molecule has 0 atom stereocenters. The van der Waals surface area contributed by atoms with E-state index >= 15 is 0 Å². The summed E-state index contributed by atoms with van der Waals surface area (Å²) in [6.07, 6.45) is 13.0. The highest BCUT2D eigenvalue weighted by Crippen LogP contribution is 2.28. The van der Waals surface area contributed by atoms with Gasteiger partial charge in [-0.1, -0.05) is 18.2 Å². The lowest BCUT2D eigenvalue weighted by atomic mass is 10.0. The van der Waals surface area contributed by atoms with Crippen LogP contribution in [0.15, 0.2) is 90.2 Å². The van der Waals surface area contributed by atoms with Gasteiger partial charge in [-0.15, -0.1) is 10.2 Å². The number of fused-ring (bicyclic) bond motifs is 1. The van der Waals surface area contributed by atoms with E-state index in [0.717, 1.165) is 39.2 Å². The van der Waals surface area contributed by atoms with Crippen LogP contribution in [0.5, 0.6) is 0 Å². The molecule has 5 rings (SSSR count). The number of aromatic nitrogens is 5. The van der Waals surface area contributed by atoms with Crippen LogP contribution < -0.4 is 10.9 Å². The first-order valence-electron chi connectivity index (χ1n) is 10.7. The monoisotopic (exact) mass is 451 g/mol. The number of carbonyl (C=O) groups is 1. The molecule has 4 heterocycles. The van der Waals surface area contributed by atoms with Gasteiger partial charge in [-0.2, -0.15) is 5.10 Å². The topological polar surface area (TPSA) is 115 Å². The molecule has 0 fully saturated rings. The van der Waals surface area contributed by atoms with Gasteiger partial charge in [-0.05, 0) is 54.0 Å². The van der Waals surface area contributed by atoms with Crippen molar-refractivity contribution >= 4 is 23.2 Å². The lowest BCUT2D eigenvalue weighted by molar-refractivity contribution is -0.114. The molecule has 9 nitrogen and oxygen atoms in total. The molecule has 1 amide bonds. The van der Waals surface area contributed by atoms with Crippen LogP contribution in [0.2, 0.25) is 0 Å². The number of carbonyl (C=O) groups excluding carboxylic acids is 1. The van der Waals surface area contributed by atoms with E-state index in [0.29, 0.717) is 18.0 Å². The first-order chi connectivity index (χ1) is 16.7. The van der Waals surface area contributed by atoms with Crippen molar-refractivity contribution in [1.82, 2.24) is 24.8 Å². The molecule has 4 aromatic heterocycles. The highest BCUT2D eigenvalue weighted by atomic mass is 16.4. The minimum Gasteiger partial charge on any atom is -0.428 e. The summed E-state index contributed by atoms with van der Waals surface area (Å²) in [4.78, 5) is 17.0. The second kappa shape index (κ2) is 9.47. The molecule has 0 unspecified atom stereocenters. The van der Waals surface area contributed by atoms with Crippen LogP contribution in [0.3, 0.4) is 0 Å². The Morgan fingerprint density at radius 1 is 1.06 bits per heavy atom. The molecule has 0 saturated heterocycles. The predicted octanol–water partition coefficient (Wildman–Crippen LogP) is 3.48. The third kappa shape index (κ3) is 4.45. The maximum absolute atomic E-state index is 12.7. The largest absolute Gasteiger partial charge is 0.428 e. The van der Waals surface area contributed by atoms with Crippen molar-refractivity contribution in [1.29, 1.82) is 0 Å². The second-order valence-electron chi connectivity index (χ2n) is 7.59. The van der Waals surface area contributed by atoms with Gasteiger partial charge >= 0.3 is 0 Å². The van der Waals surface area contributed by atoms with Crippen LogP contribution in [-0.4, -0.2) is 30.7 Å². The number of amides is 1. The number of hydrogen-bond acceptors (Lipinski definition) is 7. The van der Waals surface area contributed by atoms with Gasteiger partial charge in [0.25, 0.3) is 5.91 Å². The van der Waals surface area contributed by atoms with Crippen molar-refractivity contribution in [2.24, 2.45) is 5.84 Å². The Balaban J connectivity index is 1.30. The Labute approximate surface area is 195 Å². The maximum Gasteiger partial charge on any atom is 0.265 e. The van der Waals surface area contributed by atoms with Crippen LogP contribution in [-0.2, 0) is 17.6 Å². The molecule has 0 aliphatic carbocycles. The van der Waals surface area contributed by atoms with E-state index in [4.69, 9.17) is 10.3 Å². The number of nitrogens with zero attached hydrogens (tertiary/aromatic N) is 6. The Morgan fingerprint density at radius 2 is 1.94 bits per heavy atom. The number of hydrogen-bond donors (Lipinski definition) is 1. The summed E-state index contributed by atoms with van der Waals surface area (Å²) < 4.78 is 6.96. The number of aryl methyl sites for hydroxylation is 2. The maximum atomic E-state index is 12.7. The van der Waals surface area contributed by atoms with Crippen LogP contribution in [0, 0.1) is 0 Å². The van der Waals surface area contributed by atoms with Gasteiger partial charge in [0.15, 0.2) is 0 Å². The van der Waals surface area contributed by atoms with Gasteiger partial charge in [0.2, 0.25) is 12.3 Å². The normalized spacial score (nSPS) is 11.3. The zero-order valence-corrected chi connectivity index (χ0v) is 18.2. The minimum atomic E-state index is -0.353. The molecule has 34 heavy (non-hydrogen) atoms. The first-order valence-corrected chi connectivity index (χ1v) is 10.7. The van der Waals surface area contributed by atoms with E-state index < -0.39 is 0 Å². The van der Waals surface area contributed by atoms with E-state index in [9.17, 15) is 4.79 Å². The van der Waals surface area contributed by atoms with Gasteiger partial charge in [-0.3, -0.25) is 9.78 Å². The SMILES string of the molecule is NN(C(=O)/C=C/c1cnccc1-c1cnn2ccccc12)c1ccc(CCc2nnco2)cc1. The van der Waals surface area contributed by atoms with Crippen LogP contribution in [0.25, 0.3) is 22.7 Å². The van der Waals surface area contributed by atoms with Gasteiger partial charge in [-0.25, -0.2) is 15.4 Å². The molecular weight excluding hydrogens is 430 g/mol. The van der Waals surface area contributed by atoms with Gasteiger partial charge in [0, 0.05) is 42.2 Å². The lowest BCUT2D eigenvalue weighted by Gasteiger charge is -2.15. The molecule has 5 aromatic rings. The van der Waals surface area contributed by atoms with Gasteiger partial charge in [0.05, 0.1) is 17.4 Å². The summed E-state index contributed by atoms with van der Waals surface area (Å²) in [7, 11) is 0. The van der Waals surface area contributed by atoms with E-state index in [2.05, 4.69) is 20.3 Å². The van der Waals surface area contributed by atoms with E-state index in [1.807, 2.05) is 59.2 Å². The van der Waals surface area contributed by atoms with Gasteiger partial charge < -0.3 is 4.42 Å². The molecule has 168 valence electrons. The Hall–Kier alpha value is -4.63. The summed E-state index contributed by atoms with van der Waals surface area (Å²) in [5, 5.41) is 13.1. The number of rotatable bonds is 7. The number of pyridine rings is 2. The fourth-order valence-electron chi connectivity index (χ4n) is 3.67. The molecule has 0 aliphatic rings. The average Bonchev–Trinajstić information content (AvgIpc) is 3.56. The smallest absolute Gasteiger partial charge is 0.265 e. The van der Waals surface area contributed by atoms with E-state index in [1.54, 1.807) is 24.7 Å². The Kier molecular flexibility index (Phi) is 5.91. The third-order valence-electron chi connectivity index (χ3n) is 5.46. The number of nitrogens with two attached hydrogens (primary N) is 1. The summed E-state index contributed by atoms with van der Waals surface area (Å²) in [5.74, 6) is 6.31. The Morgan fingerprint density at radius 3 is 2.76 bits per heavy atom. The molecule has 2 N–H and O–H groups in total. The second-order valence-corrected chi connectivity index (χ2v) is 7.59. The molecule has 0 bridgehead atoms. The lowest BCUT2D eigenvalue weighted by Crippen LogP contribution is -2.36. The number of anilines is 1. The summed E-state index contributed by atoms with van der Waals surface area (Å²) >= 11 is 0. The van der Waals surface area contributed by atoms with Crippen LogP contribution in [0.1, 0.15) is 17.0 Å². The summed E-state index contributed by atoms with van der Waals surface area (Å²) in [6, 6.07) is 15.2. The van der Waals surface area contributed by atoms with Crippen molar-refractivity contribution in [2.75, 3.05) is 5.01 Å². The molecule has 9 heteroatoms. The zero-order valence-electron chi connectivity index (χ0n) is 18.2. The molecule has 0 aliphatic heterocycles. The zero-order chi connectivity index (χ0) is 23.3. The molecule has 0 radical (unpaired) electrons. The fourth-order valence-corrected chi connectivity index (χ4v) is 3.67. The van der Waals surface area contributed by atoms with Crippen LogP contribution in [0.4, 0.5) is 5.69 Å². The molecule has 0 saturated carbocycles. The van der Waals surface area contributed by atoms with Crippen molar-refractivity contribution < 1.29 is 9.21 Å². The van der Waals surface area contributed by atoms with Crippen LogP contribution >= 0.6 is 0 Å². The summed E-state index contributed by atoms with van der Waals surface area (Å²) in [5.41, 5.74) is 5.30. The Bertz CT molecular complexity index is 1440. The minimum absolute atomic E-state index is 0.353. The number of hydrazine groups is 1. The molecule has 0 spiro atoms.